The van der Waals surface area contributed by atoms with Gasteiger partial charge >= 0.3 is 6.09 Å². The maximum atomic E-state index is 14.3. The Hall–Kier alpha value is -3.88. The number of methoxy groups -OCH3 is 1. The highest BCUT2D eigenvalue weighted by atomic mass is 32.1. The van der Waals surface area contributed by atoms with Crippen LogP contribution < -0.4 is 10.5 Å². The average molecular weight is 626 g/mol. The molecule has 0 bridgehead atoms. The third-order valence-corrected chi connectivity index (χ3v) is 8.08. The molecule has 0 unspecified atom stereocenters. The first-order valence-electron chi connectivity index (χ1n) is 14.4. The van der Waals surface area contributed by atoms with E-state index in [1.807, 2.05) is 18.3 Å². The molecule has 1 aromatic carbocycles. The van der Waals surface area contributed by atoms with Gasteiger partial charge in [0.2, 0.25) is 0 Å². The summed E-state index contributed by atoms with van der Waals surface area (Å²) in [7, 11) is 1.63. The summed E-state index contributed by atoms with van der Waals surface area (Å²) in [6.45, 7) is 5.95. The van der Waals surface area contributed by atoms with Gasteiger partial charge in [-0.25, -0.2) is 9.18 Å². The highest BCUT2D eigenvalue weighted by Crippen LogP contribution is 2.39. The third kappa shape index (κ3) is 8.61. The summed E-state index contributed by atoms with van der Waals surface area (Å²) in [5.74, 6) is 0.0909. The minimum absolute atomic E-state index is 0.1000. The summed E-state index contributed by atoms with van der Waals surface area (Å²) in [4.78, 5) is 26.5. The molecule has 13 heteroatoms. The van der Waals surface area contributed by atoms with Crippen molar-refractivity contribution in [2.24, 2.45) is 0 Å². The molecule has 0 radical (unpaired) electrons. The molecule has 0 spiro atoms. The Balaban J connectivity index is 1.07. The number of ether oxygens (including phenoxy) is 5. The number of hydrogen-bond acceptors (Lipinski definition) is 11. The van der Waals surface area contributed by atoms with Crippen LogP contribution in [0.4, 0.5) is 14.9 Å². The van der Waals surface area contributed by atoms with Gasteiger partial charge in [-0.05, 0) is 29.8 Å². The van der Waals surface area contributed by atoms with Crippen LogP contribution in [-0.2, 0) is 25.5 Å². The minimum Gasteiger partial charge on any atom is -0.453 e. The van der Waals surface area contributed by atoms with Crippen LogP contribution in [0, 0.1) is 5.82 Å². The van der Waals surface area contributed by atoms with E-state index in [2.05, 4.69) is 16.0 Å². The lowest BCUT2D eigenvalue weighted by atomic mass is 10.2. The lowest BCUT2D eigenvalue weighted by Gasteiger charge is -2.34. The first-order valence-corrected chi connectivity index (χ1v) is 15.2. The maximum absolute atomic E-state index is 14.3. The van der Waals surface area contributed by atoms with E-state index in [0.717, 1.165) is 46.0 Å². The molecule has 44 heavy (non-hydrogen) atoms. The van der Waals surface area contributed by atoms with Crippen molar-refractivity contribution < 1.29 is 32.9 Å². The van der Waals surface area contributed by atoms with Gasteiger partial charge in [0.05, 0.1) is 53.8 Å². The van der Waals surface area contributed by atoms with E-state index in [1.165, 1.54) is 23.5 Å². The van der Waals surface area contributed by atoms with Crippen LogP contribution in [0.3, 0.4) is 0 Å². The van der Waals surface area contributed by atoms with Crippen molar-refractivity contribution in [3.05, 3.63) is 66.2 Å². The predicted molar refractivity (Wildman–Crippen MR) is 165 cm³/mol. The number of anilines is 1. The van der Waals surface area contributed by atoms with Crippen LogP contribution >= 0.6 is 11.3 Å². The van der Waals surface area contributed by atoms with Gasteiger partial charge in [0.1, 0.15) is 12.4 Å². The van der Waals surface area contributed by atoms with Crippen LogP contribution in [0.2, 0.25) is 0 Å². The SMILES string of the molecule is COCCOCCOCCOC(=O)N1CCN(Cc2ccc(-c3cc4nccc(Oc5ccc(N)cc5F)c4s3)nc2)CC1. The van der Waals surface area contributed by atoms with Gasteiger partial charge in [0, 0.05) is 70.0 Å². The number of amides is 1. The second-order valence-electron chi connectivity index (χ2n) is 10.1. The lowest BCUT2D eigenvalue weighted by Crippen LogP contribution is -2.48. The quantitative estimate of drug-likeness (QED) is 0.154. The van der Waals surface area contributed by atoms with Gasteiger partial charge in [-0.15, -0.1) is 11.3 Å². The van der Waals surface area contributed by atoms with Gasteiger partial charge in [0.15, 0.2) is 11.6 Å². The van der Waals surface area contributed by atoms with E-state index in [4.69, 9.17) is 34.4 Å². The van der Waals surface area contributed by atoms with Crippen molar-refractivity contribution in [2.75, 3.05) is 78.7 Å². The van der Waals surface area contributed by atoms with E-state index in [9.17, 15) is 9.18 Å². The van der Waals surface area contributed by atoms with E-state index < -0.39 is 5.82 Å². The fraction of sp³-hybridized carbons (Fsp3) is 0.387. The molecule has 1 aliphatic heterocycles. The Morgan fingerprint density at radius 1 is 0.932 bits per heavy atom. The van der Waals surface area contributed by atoms with Crippen molar-refractivity contribution in [3.63, 3.8) is 0 Å². The van der Waals surface area contributed by atoms with Crippen molar-refractivity contribution in [3.8, 4) is 22.1 Å². The highest BCUT2D eigenvalue weighted by molar-refractivity contribution is 7.22. The molecule has 0 aliphatic carbocycles. The van der Waals surface area contributed by atoms with E-state index >= 15 is 0 Å². The van der Waals surface area contributed by atoms with E-state index in [0.29, 0.717) is 57.6 Å². The first-order chi connectivity index (χ1) is 21.5. The molecular weight excluding hydrogens is 589 g/mol. The number of pyridine rings is 2. The van der Waals surface area contributed by atoms with Crippen LogP contribution in [0.1, 0.15) is 5.56 Å². The fourth-order valence-electron chi connectivity index (χ4n) is 4.59. The number of halogens is 1. The molecule has 234 valence electrons. The second-order valence-corrected chi connectivity index (χ2v) is 11.1. The van der Waals surface area contributed by atoms with Gasteiger partial charge in [-0.1, -0.05) is 6.07 Å². The normalized spacial score (nSPS) is 13.8. The number of aromatic nitrogens is 2. The number of hydrogen-bond donors (Lipinski definition) is 1. The summed E-state index contributed by atoms with van der Waals surface area (Å²) < 4.78 is 42.0. The van der Waals surface area contributed by atoms with E-state index in [1.54, 1.807) is 30.3 Å². The Bertz CT molecular complexity index is 1510. The molecule has 0 saturated carbocycles. The predicted octanol–water partition coefficient (Wildman–Crippen LogP) is 4.81. The Labute approximate surface area is 259 Å². The number of nitrogens with two attached hydrogens (primary N) is 1. The molecule has 4 heterocycles. The summed E-state index contributed by atoms with van der Waals surface area (Å²) in [6, 6.07) is 12.1. The lowest BCUT2D eigenvalue weighted by molar-refractivity contribution is 0.00744. The number of nitrogens with zero attached hydrogens (tertiary/aromatic N) is 4. The van der Waals surface area contributed by atoms with Gasteiger partial charge < -0.3 is 34.3 Å². The van der Waals surface area contributed by atoms with E-state index in [-0.39, 0.29) is 18.4 Å². The zero-order chi connectivity index (χ0) is 30.7. The number of nitrogen functional groups attached to an aromatic ring is 1. The number of rotatable bonds is 14. The van der Waals surface area contributed by atoms with Crippen molar-refractivity contribution in [2.45, 2.75) is 6.54 Å². The van der Waals surface area contributed by atoms with Crippen LogP contribution in [0.25, 0.3) is 20.8 Å². The summed E-state index contributed by atoms with van der Waals surface area (Å²) in [5.41, 5.74) is 8.63. The number of carbonyl (C=O) groups is 1. The summed E-state index contributed by atoms with van der Waals surface area (Å²) in [5, 5.41) is 0. The Kier molecular flexibility index (Phi) is 11.3. The number of fused-ring (bicyclic) bond motifs is 1. The van der Waals surface area contributed by atoms with Gasteiger partial charge in [0.25, 0.3) is 0 Å². The van der Waals surface area contributed by atoms with Crippen molar-refractivity contribution >= 4 is 33.3 Å². The van der Waals surface area contributed by atoms with Crippen LogP contribution in [-0.4, -0.2) is 98.8 Å². The summed E-state index contributed by atoms with van der Waals surface area (Å²) in [6.07, 6.45) is 3.19. The molecule has 1 saturated heterocycles. The molecular formula is C31H36FN5O6S. The largest absolute Gasteiger partial charge is 0.453 e. The van der Waals surface area contributed by atoms with Crippen molar-refractivity contribution in [1.29, 1.82) is 0 Å². The van der Waals surface area contributed by atoms with Gasteiger partial charge in [-0.3, -0.25) is 14.9 Å². The number of piperazine rings is 1. The Morgan fingerprint density at radius 3 is 2.43 bits per heavy atom. The molecule has 1 fully saturated rings. The molecule has 3 aromatic heterocycles. The first kappa shape index (κ1) is 31.5. The zero-order valence-corrected chi connectivity index (χ0v) is 25.4. The molecule has 4 aromatic rings. The maximum Gasteiger partial charge on any atom is 0.409 e. The summed E-state index contributed by atoms with van der Waals surface area (Å²) >= 11 is 1.49. The Morgan fingerprint density at radius 2 is 1.70 bits per heavy atom. The molecule has 5 rings (SSSR count). The molecule has 11 nitrogen and oxygen atoms in total. The number of thiophene rings is 1. The minimum atomic E-state index is -0.525. The zero-order valence-electron chi connectivity index (χ0n) is 24.6. The third-order valence-electron chi connectivity index (χ3n) is 6.92. The monoisotopic (exact) mass is 625 g/mol. The standard InChI is InChI=1S/C31H36FN5O6S/c1-39-12-13-40-14-15-41-16-17-42-31(38)37-10-8-36(9-11-37)21-22-2-4-25(35-20-22)29-19-26-30(44-29)28(6-7-34-26)43-27-5-3-23(33)18-24(27)32/h2-7,18-20H,8-17,21,33H2,1H3. The molecule has 1 aliphatic rings. The smallest absolute Gasteiger partial charge is 0.409 e. The highest BCUT2D eigenvalue weighted by Gasteiger charge is 2.22. The number of carbonyl (C=O) groups excluding carboxylic acids is 1. The van der Waals surface area contributed by atoms with Crippen LogP contribution in [0.15, 0.2) is 54.9 Å². The second kappa shape index (κ2) is 15.7. The molecule has 2 N–H and O–H groups in total. The topological polar surface area (TPSA) is 122 Å². The number of benzene rings is 1. The van der Waals surface area contributed by atoms with Crippen LogP contribution in [0.5, 0.6) is 11.5 Å². The average Bonchev–Trinajstić information content (AvgIpc) is 3.48. The van der Waals surface area contributed by atoms with Crippen molar-refractivity contribution in [1.82, 2.24) is 19.8 Å². The fourth-order valence-corrected chi connectivity index (χ4v) is 5.64. The van der Waals surface area contributed by atoms with Gasteiger partial charge in [-0.2, -0.15) is 0 Å². The molecule has 1 amide bonds. The molecule has 0 atom stereocenters.